The summed E-state index contributed by atoms with van der Waals surface area (Å²) < 4.78 is 70.0. The summed E-state index contributed by atoms with van der Waals surface area (Å²) in [5.41, 5.74) is -3.16. The third-order valence-electron chi connectivity index (χ3n) is 24.1. The first-order valence-electron chi connectivity index (χ1n) is 30.6. The predicted octanol–water partition coefficient (Wildman–Crippen LogP) is -4.07. The van der Waals surface area contributed by atoms with Crippen molar-refractivity contribution >= 4 is 6.29 Å². The molecule has 11 aliphatic rings. The highest BCUT2D eigenvalue weighted by Crippen LogP contribution is 2.80. The second-order valence-corrected chi connectivity index (χ2v) is 28.6. The largest absolute Gasteiger partial charge is 0.394 e. The van der Waals surface area contributed by atoms with Gasteiger partial charge in [0, 0.05) is 16.2 Å². The topological polar surface area (TPSA) is 422 Å². The standard InChI is InChI=1S/C58H94O27/c1-52(2)29-7-11-55(5)30(8-12-58-31-15-53(3,22-62)13-14-57(31,23-77-58)32(64)16-56(55,58)6)54(29,4)10-9-33(52)82-50-46(85-51-45(40(71)37(68)27(19-61)80-51)84-49-43(74)39(70)36(67)26(18-60)79-49)44(83-48-42(73)38(69)35(66)25(17-59)78-48)28(21-76-50)81-47-41(72)34(65)24(63)20-75-47/h22,24-51,59-61,63-74H,7-21,23H2,1-6H3/t24?,25?,26?,27?,28?,29?,30?,31?,32?,33?,34?,35?,36?,37?,38?,39?,40?,41?,42?,43?,44?,45?,46?,47?,48?,49?,50?,51?,53-,54+,55-,56+,57?,58?/m1/s1. The molecule has 0 aromatic heterocycles. The Morgan fingerprint density at radius 3 is 1.65 bits per heavy atom. The zero-order valence-electron chi connectivity index (χ0n) is 49.2. The maximum Gasteiger partial charge on any atom is 0.187 e. The molecule has 85 heavy (non-hydrogen) atoms. The van der Waals surface area contributed by atoms with Gasteiger partial charge >= 0.3 is 0 Å². The van der Waals surface area contributed by atoms with Crippen molar-refractivity contribution in [1.29, 1.82) is 0 Å². The maximum atomic E-state index is 12.7. The van der Waals surface area contributed by atoms with Gasteiger partial charge in [0.2, 0.25) is 0 Å². The van der Waals surface area contributed by atoms with Crippen LogP contribution >= 0.6 is 0 Å². The molecule has 27 heteroatoms. The number of carbonyl (C=O) groups excluding carboxylic acids is 1. The molecule has 34 atom stereocenters. The van der Waals surface area contributed by atoms with Gasteiger partial charge in [-0.15, -0.1) is 0 Å². The van der Waals surface area contributed by atoms with E-state index < -0.39 is 214 Å². The Hall–Kier alpha value is -1.37. The second-order valence-electron chi connectivity index (χ2n) is 28.6. The molecular formula is C58H94O27. The van der Waals surface area contributed by atoms with Gasteiger partial charge in [0.25, 0.3) is 0 Å². The lowest BCUT2D eigenvalue weighted by Crippen LogP contribution is -2.74. The van der Waals surface area contributed by atoms with Gasteiger partial charge in [-0.2, -0.15) is 0 Å². The van der Waals surface area contributed by atoms with Crippen LogP contribution in [0, 0.1) is 50.2 Å². The van der Waals surface area contributed by atoms with E-state index in [-0.39, 0.29) is 28.6 Å². The van der Waals surface area contributed by atoms with Crippen LogP contribution < -0.4 is 0 Å². The zero-order chi connectivity index (χ0) is 61.5. The first-order valence-corrected chi connectivity index (χ1v) is 30.6. The van der Waals surface area contributed by atoms with Crippen molar-refractivity contribution in [1.82, 2.24) is 0 Å². The van der Waals surface area contributed by atoms with Gasteiger partial charge in [-0.05, 0) is 98.2 Å². The molecule has 6 aliphatic heterocycles. The molecule has 11 fully saturated rings. The van der Waals surface area contributed by atoms with Crippen molar-refractivity contribution in [2.24, 2.45) is 50.2 Å². The van der Waals surface area contributed by atoms with Crippen LogP contribution in [-0.4, -0.2) is 282 Å². The van der Waals surface area contributed by atoms with Crippen molar-refractivity contribution < 1.29 is 133 Å². The summed E-state index contributed by atoms with van der Waals surface area (Å²) in [6, 6.07) is 0. The number of aliphatic hydroxyl groups is 15. The first-order chi connectivity index (χ1) is 40.0. The van der Waals surface area contributed by atoms with Crippen LogP contribution in [0.2, 0.25) is 0 Å². The smallest absolute Gasteiger partial charge is 0.187 e. The third kappa shape index (κ3) is 10.2. The third-order valence-corrected chi connectivity index (χ3v) is 24.1. The van der Waals surface area contributed by atoms with Gasteiger partial charge in [-0.25, -0.2) is 0 Å². The Kier molecular flexibility index (Phi) is 18.1. The quantitative estimate of drug-likeness (QED) is 0.0581. The highest BCUT2D eigenvalue weighted by molar-refractivity contribution is 5.59. The Morgan fingerprint density at radius 2 is 1.04 bits per heavy atom. The van der Waals surface area contributed by atoms with E-state index in [2.05, 4.69) is 34.6 Å². The molecule has 5 saturated carbocycles. The molecule has 27 nitrogen and oxygen atoms in total. The molecule has 11 rings (SSSR count). The molecule has 6 saturated heterocycles. The summed E-state index contributed by atoms with van der Waals surface area (Å²) in [7, 11) is 0. The molecule has 2 bridgehead atoms. The number of carbonyl (C=O) groups is 1. The lowest BCUT2D eigenvalue weighted by molar-refractivity contribution is -0.411. The fraction of sp³-hybridized carbons (Fsp3) is 0.983. The minimum absolute atomic E-state index is 0.00599. The summed E-state index contributed by atoms with van der Waals surface area (Å²) in [6.07, 6.45) is -34.9. The van der Waals surface area contributed by atoms with Crippen molar-refractivity contribution in [2.75, 3.05) is 39.6 Å². The van der Waals surface area contributed by atoms with E-state index in [4.69, 9.17) is 52.1 Å². The van der Waals surface area contributed by atoms with Crippen molar-refractivity contribution in [2.45, 2.75) is 265 Å². The van der Waals surface area contributed by atoms with E-state index in [1.807, 2.05) is 6.92 Å². The predicted molar refractivity (Wildman–Crippen MR) is 283 cm³/mol. The zero-order valence-corrected chi connectivity index (χ0v) is 49.2. The average molecular weight is 1220 g/mol. The van der Waals surface area contributed by atoms with Gasteiger partial charge < -0.3 is 133 Å². The number of hydrogen-bond donors (Lipinski definition) is 15. The molecule has 30 unspecified atom stereocenters. The van der Waals surface area contributed by atoms with Crippen LogP contribution in [0.3, 0.4) is 0 Å². The van der Waals surface area contributed by atoms with Crippen LogP contribution in [-0.2, 0) is 56.9 Å². The number of rotatable bonds is 14. The van der Waals surface area contributed by atoms with Gasteiger partial charge in [-0.3, -0.25) is 0 Å². The van der Waals surface area contributed by atoms with E-state index in [1.54, 1.807) is 0 Å². The minimum atomic E-state index is -2.06. The minimum Gasteiger partial charge on any atom is -0.394 e. The van der Waals surface area contributed by atoms with Crippen molar-refractivity contribution in [3.05, 3.63) is 0 Å². The lowest BCUT2D eigenvalue weighted by atomic mass is 9.30. The van der Waals surface area contributed by atoms with E-state index >= 15 is 0 Å². The summed E-state index contributed by atoms with van der Waals surface area (Å²) in [5.74, 6) is 0.187. The molecule has 15 N–H and O–H groups in total. The number of fused-ring (bicyclic) bond motifs is 4. The summed E-state index contributed by atoms with van der Waals surface area (Å²) in [5, 5.41) is 165. The lowest BCUT2D eigenvalue weighted by Gasteiger charge is -2.75. The van der Waals surface area contributed by atoms with E-state index in [0.717, 1.165) is 38.4 Å². The van der Waals surface area contributed by atoms with Gasteiger partial charge in [0.1, 0.15) is 116 Å². The van der Waals surface area contributed by atoms with Gasteiger partial charge in [-0.1, -0.05) is 41.5 Å². The van der Waals surface area contributed by atoms with Crippen LogP contribution in [0.5, 0.6) is 0 Å². The van der Waals surface area contributed by atoms with Crippen LogP contribution in [0.4, 0.5) is 0 Å². The molecule has 0 aromatic carbocycles. The van der Waals surface area contributed by atoms with Crippen LogP contribution in [0.15, 0.2) is 0 Å². The van der Waals surface area contributed by atoms with Crippen LogP contribution in [0.25, 0.3) is 0 Å². The van der Waals surface area contributed by atoms with Gasteiger partial charge in [0.05, 0.1) is 57.5 Å². The molecule has 6 heterocycles. The van der Waals surface area contributed by atoms with E-state index in [9.17, 15) is 81.4 Å². The Bertz CT molecular complexity index is 2340. The van der Waals surface area contributed by atoms with Crippen molar-refractivity contribution in [3.8, 4) is 0 Å². The Morgan fingerprint density at radius 1 is 0.482 bits per heavy atom. The average Bonchev–Trinajstić information content (AvgIpc) is 1.63. The van der Waals surface area contributed by atoms with E-state index in [1.165, 1.54) is 0 Å². The molecule has 1 spiro atoms. The summed E-state index contributed by atoms with van der Waals surface area (Å²) >= 11 is 0. The SMILES string of the molecule is CC1(C)C(OC2OCC(OC3OCC(O)C(O)C3O)C(OC3OC(CO)C(O)C(O)C3O)C2OC2OC(CO)C(O)C(O)C2OC2OC(CO)C(O)C(O)C2O)CC[C@@]2(C)C1CC[C@]1(C)C2CCC23OCC4(CC[C@@](C)(C=O)CC42)C(O)C[C@]31C. The number of hydrogen-bond acceptors (Lipinski definition) is 27. The Labute approximate surface area is 493 Å². The molecule has 0 aromatic rings. The van der Waals surface area contributed by atoms with Crippen molar-refractivity contribution in [3.63, 3.8) is 0 Å². The molecule has 0 amide bonds. The molecule has 488 valence electrons. The number of ether oxygens (including phenoxy) is 11. The normalized spacial score (nSPS) is 57.6. The maximum absolute atomic E-state index is 12.7. The first kappa shape index (κ1) is 65.1. The Balaban J connectivity index is 0.936. The summed E-state index contributed by atoms with van der Waals surface area (Å²) in [4.78, 5) is 12.7. The highest BCUT2D eigenvalue weighted by Gasteiger charge is 2.80. The van der Waals surface area contributed by atoms with Gasteiger partial charge in [0.15, 0.2) is 31.5 Å². The molecular weight excluding hydrogens is 1130 g/mol. The van der Waals surface area contributed by atoms with E-state index in [0.29, 0.717) is 38.7 Å². The molecule has 0 radical (unpaired) electrons. The summed E-state index contributed by atoms with van der Waals surface area (Å²) in [6.45, 7) is 10.2. The molecule has 5 aliphatic carbocycles. The fourth-order valence-electron chi connectivity index (χ4n) is 18.9. The number of aliphatic hydroxyl groups excluding tert-OH is 15. The number of aldehydes is 1. The van der Waals surface area contributed by atoms with Crippen LogP contribution in [0.1, 0.15) is 106 Å². The highest BCUT2D eigenvalue weighted by atomic mass is 16.8. The monoisotopic (exact) mass is 1220 g/mol. The second kappa shape index (κ2) is 23.6. The fourth-order valence-corrected chi connectivity index (χ4v) is 18.9.